The van der Waals surface area contributed by atoms with Gasteiger partial charge in [0.25, 0.3) is 5.91 Å². The maximum Gasteiger partial charge on any atom is 0.253 e. The fraction of sp³-hybridized carbons (Fsp3) is 0.133. The fourth-order valence-electron chi connectivity index (χ4n) is 1.95. The molecule has 0 unspecified atom stereocenters. The van der Waals surface area contributed by atoms with E-state index in [4.69, 9.17) is 51.5 Å². The highest BCUT2D eigenvalue weighted by atomic mass is 35.6. The molecule has 0 aromatic heterocycles. The Labute approximate surface area is 170 Å². The molecule has 0 saturated carbocycles. The second kappa shape index (κ2) is 8.21. The van der Waals surface area contributed by atoms with Gasteiger partial charge in [-0.05, 0) is 42.5 Å². The number of nitrogens with one attached hydrogen (secondary N) is 2. The first-order valence-electron chi connectivity index (χ1n) is 6.99. The Morgan fingerprint density at radius 3 is 2.19 bits per heavy atom. The van der Waals surface area contributed by atoms with E-state index in [-0.39, 0.29) is 10.5 Å². The summed E-state index contributed by atoms with van der Waals surface area (Å²) in [6.07, 6.45) is -1.11. The standard InChI is InChI=1S/C15H13Cl4N3O3S/c16-10-3-1-2-9(8-10)13(23)22-14(15(17,18)19)21-11-4-6-12(7-5-11)26(20,24)25/h1-8,14,21H,(H,22,23)(H2,20,24,25)/t14-/m0/s1. The third kappa shape index (κ3) is 5.90. The number of primary sulfonamides is 1. The number of carbonyl (C=O) groups is 1. The van der Waals surface area contributed by atoms with Crippen LogP contribution in [0.15, 0.2) is 53.4 Å². The van der Waals surface area contributed by atoms with Crippen LogP contribution in [0.3, 0.4) is 0 Å². The Hall–Kier alpha value is -1.22. The molecular weight excluding hydrogens is 444 g/mol. The van der Waals surface area contributed by atoms with Crippen LogP contribution < -0.4 is 15.8 Å². The van der Waals surface area contributed by atoms with Crippen LogP contribution in [0.1, 0.15) is 10.4 Å². The van der Waals surface area contributed by atoms with Gasteiger partial charge >= 0.3 is 0 Å². The Morgan fingerprint density at radius 2 is 1.69 bits per heavy atom. The van der Waals surface area contributed by atoms with Gasteiger partial charge in [0.05, 0.1) is 4.90 Å². The van der Waals surface area contributed by atoms with E-state index < -0.39 is 25.9 Å². The number of alkyl halides is 3. The van der Waals surface area contributed by atoms with E-state index in [0.29, 0.717) is 10.7 Å². The van der Waals surface area contributed by atoms with Crippen LogP contribution in [0.4, 0.5) is 5.69 Å². The van der Waals surface area contributed by atoms with E-state index >= 15 is 0 Å². The third-order valence-electron chi connectivity index (χ3n) is 3.18. The number of carbonyl (C=O) groups excluding carboxylic acids is 1. The molecule has 2 aromatic rings. The molecule has 26 heavy (non-hydrogen) atoms. The average Bonchev–Trinajstić information content (AvgIpc) is 2.53. The minimum Gasteiger partial charge on any atom is -0.362 e. The molecule has 6 nitrogen and oxygen atoms in total. The number of benzene rings is 2. The number of halogens is 4. The molecule has 0 heterocycles. The molecule has 2 aromatic carbocycles. The molecule has 0 fully saturated rings. The second-order valence-corrected chi connectivity index (χ2v) is 9.54. The summed E-state index contributed by atoms with van der Waals surface area (Å²) in [5.41, 5.74) is 0.684. The lowest BCUT2D eigenvalue weighted by atomic mass is 10.2. The van der Waals surface area contributed by atoms with Crippen LogP contribution in [-0.2, 0) is 10.0 Å². The summed E-state index contributed by atoms with van der Waals surface area (Å²) >= 11 is 23.6. The van der Waals surface area contributed by atoms with Gasteiger partial charge in [0.1, 0.15) is 6.17 Å². The van der Waals surface area contributed by atoms with E-state index in [1.54, 1.807) is 18.2 Å². The van der Waals surface area contributed by atoms with Gasteiger partial charge in [0, 0.05) is 16.3 Å². The van der Waals surface area contributed by atoms with Crippen molar-refractivity contribution < 1.29 is 13.2 Å². The molecule has 0 aliphatic rings. The molecule has 0 aliphatic carbocycles. The lowest BCUT2D eigenvalue weighted by molar-refractivity contribution is 0.0942. The average molecular weight is 457 g/mol. The number of hydrogen-bond acceptors (Lipinski definition) is 4. The zero-order chi connectivity index (χ0) is 19.5. The van der Waals surface area contributed by atoms with Crippen molar-refractivity contribution in [2.45, 2.75) is 14.9 Å². The summed E-state index contributed by atoms with van der Waals surface area (Å²) in [6.45, 7) is 0. The van der Waals surface area contributed by atoms with Crippen molar-refractivity contribution in [1.82, 2.24) is 5.32 Å². The highest BCUT2D eigenvalue weighted by molar-refractivity contribution is 7.89. The summed E-state index contributed by atoms with van der Waals surface area (Å²) in [5, 5.41) is 10.8. The smallest absolute Gasteiger partial charge is 0.253 e. The molecule has 0 aliphatic heterocycles. The number of amides is 1. The summed E-state index contributed by atoms with van der Waals surface area (Å²) < 4.78 is 20.7. The van der Waals surface area contributed by atoms with Crippen LogP contribution in [0.25, 0.3) is 0 Å². The van der Waals surface area contributed by atoms with Gasteiger partial charge in [0.15, 0.2) is 0 Å². The van der Waals surface area contributed by atoms with E-state index in [1.807, 2.05) is 0 Å². The first kappa shape index (κ1) is 21.1. The predicted molar refractivity (Wildman–Crippen MR) is 104 cm³/mol. The van der Waals surface area contributed by atoms with E-state index in [9.17, 15) is 13.2 Å². The van der Waals surface area contributed by atoms with Gasteiger partial charge in [-0.3, -0.25) is 4.79 Å². The molecule has 2 rings (SSSR count). The van der Waals surface area contributed by atoms with Crippen molar-refractivity contribution >= 4 is 68.0 Å². The van der Waals surface area contributed by atoms with Gasteiger partial charge in [-0.15, -0.1) is 0 Å². The van der Waals surface area contributed by atoms with Gasteiger partial charge < -0.3 is 10.6 Å². The molecule has 0 spiro atoms. The minimum atomic E-state index is -3.82. The molecule has 0 saturated heterocycles. The van der Waals surface area contributed by atoms with Crippen LogP contribution >= 0.6 is 46.4 Å². The monoisotopic (exact) mass is 455 g/mol. The topological polar surface area (TPSA) is 101 Å². The zero-order valence-electron chi connectivity index (χ0n) is 12.9. The number of anilines is 1. The normalized spacial score (nSPS) is 13.1. The second-order valence-electron chi connectivity index (χ2n) is 5.17. The third-order valence-corrected chi connectivity index (χ3v) is 5.00. The Balaban J connectivity index is 2.19. The molecule has 1 amide bonds. The van der Waals surface area contributed by atoms with Crippen molar-refractivity contribution in [1.29, 1.82) is 0 Å². The lowest BCUT2D eigenvalue weighted by Gasteiger charge is -2.27. The van der Waals surface area contributed by atoms with Crippen molar-refractivity contribution in [2.75, 3.05) is 5.32 Å². The van der Waals surface area contributed by atoms with Gasteiger partial charge in [0.2, 0.25) is 13.8 Å². The molecular formula is C15H13Cl4N3O3S. The number of hydrogen-bond donors (Lipinski definition) is 3. The lowest BCUT2D eigenvalue weighted by Crippen LogP contribution is -2.49. The maximum absolute atomic E-state index is 12.3. The summed E-state index contributed by atoms with van der Waals surface area (Å²) in [4.78, 5) is 12.3. The summed E-state index contributed by atoms with van der Waals surface area (Å²) in [5.74, 6) is -0.516. The number of sulfonamides is 1. The highest BCUT2D eigenvalue weighted by Gasteiger charge is 2.34. The largest absolute Gasteiger partial charge is 0.362 e. The highest BCUT2D eigenvalue weighted by Crippen LogP contribution is 2.31. The Kier molecular flexibility index (Phi) is 6.65. The maximum atomic E-state index is 12.3. The van der Waals surface area contributed by atoms with Crippen LogP contribution in [0.5, 0.6) is 0 Å². The summed E-state index contributed by atoms with van der Waals surface area (Å²) in [7, 11) is -3.82. The molecule has 11 heteroatoms. The first-order valence-corrected chi connectivity index (χ1v) is 10.1. The SMILES string of the molecule is NS(=O)(=O)c1ccc(N[C@@H](NC(=O)c2cccc(Cl)c2)C(Cl)(Cl)Cl)cc1. The Bertz CT molecular complexity index is 899. The van der Waals surface area contributed by atoms with Crippen LogP contribution in [0.2, 0.25) is 5.02 Å². The Morgan fingerprint density at radius 1 is 1.08 bits per heavy atom. The number of nitrogens with two attached hydrogens (primary N) is 1. The molecule has 4 N–H and O–H groups in total. The van der Waals surface area contributed by atoms with Gasteiger partial charge in [-0.2, -0.15) is 0 Å². The van der Waals surface area contributed by atoms with Crippen molar-refractivity contribution in [3.8, 4) is 0 Å². The molecule has 0 bridgehead atoms. The quantitative estimate of drug-likeness (QED) is 0.473. The molecule has 0 radical (unpaired) electrons. The minimum absolute atomic E-state index is 0.0727. The first-order chi connectivity index (χ1) is 12.0. The van der Waals surface area contributed by atoms with Gasteiger partial charge in [-0.1, -0.05) is 52.5 Å². The van der Waals surface area contributed by atoms with Crippen molar-refractivity contribution in [3.05, 3.63) is 59.1 Å². The van der Waals surface area contributed by atoms with Gasteiger partial charge in [-0.25, -0.2) is 13.6 Å². The van der Waals surface area contributed by atoms with E-state index in [2.05, 4.69) is 10.6 Å². The van der Waals surface area contributed by atoms with Crippen molar-refractivity contribution in [3.63, 3.8) is 0 Å². The zero-order valence-corrected chi connectivity index (χ0v) is 16.8. The van der Waals surface area contributed by atoms with Crippen molar-refractivity contribution in [2.24, 2.45) is 5.14 Å². The van der Waals surface area contributed by atoms with E-state index in [0.717, 1.165) is 0 Å². The van der Waals surface area contributed by atoms with E-state index in [1.165, 1.54) is 30.3 Å². The summed E-state index contributed by atoms with van der Waals surface area (Å²) in [6, 6.07) is 11.7. The molecule has 140 valence electrons. The fourth-order valence-corrected chi connectivity index (χ4v) is 2.98. The molecule has 1 atom stereocenters. The predicted octanol–water partition coefficient (Wildman–Crippen LogP) is 3.53. The van der Waals surface area contributed by atoms with Crippen LogP contribution in [0, 0.1) is 0 Å². The van der Waals surface area contributed by atoms with Crippen LogP contribution in [-0.4, -0.2) is 24.3 Å². The number of rotatable bonds is 5.